The molecule has 0 bridgehead atoms. The number of hydrogen-bond donors (Lipinski definition) is 0. The molecule has 0 spiro atoms. The summed E-state index contributed by atoms with van der Waals surface area (Å²) >= 11 is -3.32. The van der Waals surface area contributed by atoms with Crippen LogP contribution >= 0.6 is 7.26 Å². The van der Waals surface area contributed by atoms with Crippen LogP contribution in [-0.2, 0) is 0 Å². The molecule has 0 fully saturated rings. The summed E-state index contributed by atoms with van der Waals surface area (Å²) in [5.74, 6) is 0. The van der Waals surface area contributed by atoms with E-state index in [1.54, 1.807) is 10.7 Å². The van der Waals surface area contributed by atoms with E-state index in [9.17, 15) is 0 Å². The first-order valence-electron chi connectivity index (χ1n) is 12.4. The van der Waals surface area contributed by atoms with Crippen LogP contribution in [0.25, 0.3) is 0 Å². The Morgan fingerprint density at radius 2 is 0.714 bits per heavy atom. The van der Waals surface area contributed by atoms with Crippen molar-refractivity contribution in [1.82, 2.24) is 0 Å². The zero-order valence-electron chi connectivity index (χ0n) is 20.3. The predicted octanol–water partition coefficient (Wildman–Crippen LogP) is 5.46. The Bertz CT molecular complexity index is 1180. The van der Waals surface area contributed by atoms with E-state index < -0.39 is 25.6 Å². The number of hydrogen-bond acceptors (Lipinski definition) is 0. The molecule has 0 aromatic heterocycles. The van der Waals surface area contributed by atoms with Gasteiger partial charge in [0, 0.05) is 0 Å². The Balaban J connectivity index is 1.69. The maximum atomic E-state index is 2.55. The monoisotopic (exact) mass is 579 g/mol. The van der Waals surface area contributed by atoms with Crippen molar-refractivity contribution < 1.29 is 0 Å². The molecule has 0 amide bonds. The van der Waals surface area contributed by atoms with E-state index >= 15 is 0 Å². The van der Waals surface area contributed by atoms with E-state index in [4.69, 9.17) is 0 Å². The van der Waals surface area contributed by atoms with Gasteiger partial charge in [0.25, 0.3) is 0 Å². The molecule has 0 atom stereocenters. The van der Waals surface area contributed by atoms with Crippen LogP contribution in [0.3, 0.4) is 0 Å². The molecule has 0 saturated heterocycles. The Morgan fingerprint density at radius 3 is 1.03 bits per heavy atom. The van der Waals surface area contributed by atoms with Crippen LogP contribution < -0.4 is 21.3 Å². The molecule has 2 heteroatoms. The standard InChI is InChI=1S/C15H17P.3C6H5.Sn/c1-3-16(2,14-10-6-4-7-11-14)15-12-8-5-9-13-15;3*1-2-4-6-5-3-1;/h4-13H,1,3H2,2H3;3*1-5H;/q+1;;;;. The topological polar surface area (TPSA) is 0 Å². The third-order valence-electron chi connectivity index (χ3n) is 7.39. The first kappa shape index (κ1) is 24.0. The Labute approximate surface area is 214 Å². The van der Waals surface area contributed by atoms with Gasteiger partial charge in [0.05, 0.1) is 0 Å². The minimum absolute atomic E-state index is 1.20. The van der Waals surface area contributed by atoms with Crippen molar-refractivity contribution in [3.8, 4) is 0 Å². The van der Waals surface area contributed by atoms with Crippen molar-refractivity contribution in [2.75, 3.05) is 12.8 Å². The van der Waals surface area contributed by atoms with Gasteiger partial charge in [-0.15, -0.1) is 0 Å². The molecule has 172 valence electrons. The molecule has 5 aromatic carbocycles. The van der Waals surface area contributed by atoms with E-state index in [-0.39, 0.29) is 0 Å². The molecule has 5 rings (SSSR count). The van der Waals surface area contributed by atoms with Crippen molar-refractivity contribution in [2.24, 2.45) is 0 Å². The summed E-state index contributed by atoms with van der Waals surface area (Å²) in [6.45, 7) is 2.55. The van der Waals surface area contributed by atoms with Gasteiger partial charge in [-0.1, -0.05) is 0 Å². The molecule has 5 aromatic rings. The Morgan fingerprint density at radius 1 is 0.429 bits per heavy atom. The molecule has 0 saturated carbocycles. The summed E-state index contributed by atoms with van der Waals surface area (Å²) in [7, 11) is -1.58. The van der Waals surface area contributed by atoms with Crippen molar-refractivity contribution in [2.45, 2.75) is 4.44 Å². The van der Waals surface area contributed by atoms with Gasteiger partial charge < -0.3 is 0 Å². The van der Waals surface area contributed by atoms with Gasteiger partial charge in [-0.25, -0.2) is 0 Å². The molecular weight excluding hydrogens is 546 g/mol. The molecule has 0 heterocycles. The molecule has 0 aliphatic rings. The van der Waals surface area contributed by atoms with E-state index in [2.05, 4.69) is 158 Å². The zero-order valence-corrected chi connectivity index (χ0v) is 24.0. The molecule has 0 radical (unpaired) electrons. The fraction of sp³-hybridized carbons (Fsp3) is 0.0909. The third kappa shape index (κ3) is 4.88. The van der Waals surface area contributed by atoms with Crippen molar-refractivity contribution in [1.29, 1.82) is 0 Å². The van der Waals surface area contributed by atoms with E-state index in [1.165, 1.54) is 21.2 Å². The van der Waals surface area contributed by atoms with Crippen LogP contribution in [0.4, 0.5) is 0 Å². The van der Waals surface area contributed by atoms with E-state index in [0.29, 0.717) is 0 Å². The van der Waals surface area contributed by atoms with Gasteiger partial charge in [0.15, 0.2) is 0 Å². The zero-order chi connectivity index (χ0) is 24.0. The quantitative estimate of drug-likeness (QED) is 0.170. The fourth-order valence-corrected chi connectivity index (χ4v) is 27.2. The first-order chi connectivity index (χ1) is 17.2. The number of benzene rings is 5. The first-order valence-corrected chi connectivity index (χ1v) is 21.1. The van der Waals surface area contributed by atoms with Crippen LogP contribution in [0.5, 0.6) is 0 Å². The maximum absolute atomic E-state index is 3.32. The summed E-state index contributed by atoms with van der Waals surface area (Å²) in [5, 5.41) is 3.00. The summed E-state index contributed by atoms with van der Waals surface area (Å²) in [6, 6.07) is 56.8. The second kappa shape index (κ2) is 10.9. The molecule has 0 N–H and O–H groups in total. The average molecular weight is 578 g/mol. The van der Waals surface area contributed by atoms with Crippen LogP contribution in [0.15, 0.2) is 152 Å². The molecule has 35 heavy (non-hydrogen) atoms. The Hall–Kier alpha value is -2.67. The molecule has 0 aliphatic heterocycles. The van der Waals surface area contributed by atoms with Crippen LogP contribution in [0.1, 0.15) is 0 Å². The molecule has 0 nitrogen and oxygen atoms in total. The van der Waals surface area contributed by atoms with Crippen LogP contribution in [0.2, 0.25) is 4.44 Å². The summed E-state index contributed by atoms with van der Waals surface area (Å²) in [5.41, 5.74) is 0. The molecular formula is C33H32PSn+. The van der Waals surface area contributed by atoms with Gasteiger partial charge in [0.2, 0.25) is 0 Å². The summed E-state index contributed by atoms with van der Waals surface area (Å²) < 4.78 is 5.92. The van der Waals surface area contributed by atoms with Crippen molar-refractivity contribution >= 4 is 47.0 Å². The van der Waals surface area contributed by atoms with Crippen molar-refractivity contribution in [3.63, 3.8) is 0 Å². The van der Waals surface area contributed by atoms with Crippen LogP contribution in [0, 0.1) is 0 Å². The summed E-state index contributed by atoms with van der Waals surface area (Å²) in [6.07, 6.45) is 1.20. The van der Waals surface area contributed by atoms with Gasteiger partial charge >= 0.3 is 216 Å². The molecule has 0 aliphatic carbocycles. The van der Waals surface area contributed by atoms with Crippen molar-refractivity contribution in [3.05, 3.63) is 152 Å². The average Bonchev–Trinajstić information content (AvgIpc) is 2.96. The fourth-order valence-electron chi connectivity index (χ4n) is 5.41. The van der Waals surface area contributed by atoms with Crippen LogP contribution in [-0.4, -0.2) is 31.2 Å². The third-order valence-corrected chi connectivity index (χ3v) is 26.7. The van der Waals surface area contributed by atoms with Gasteiger partial charge in [-0.05, 0) is 0 Å². The molecule has 0 unspecified atom stereocenters. The predicted molar refractivity (Wildman–Crippen MR) is 159 cm³/mol. The van der Waals surface area contributed by atoms with Gasteiger partial charge in [0.1, 0.15) is 0 Å². The van der Waals surface area contributed by atoms with Gasteiger partial charge in [-0.3, -0.25) is 0 Å². The second-order valence-corrected chi connectivity index (χ2v) is 24.7. The van der Waals surface area contributed by atoms with E-state index in [1.807, 2.05) is 0 Å². The normalized spacial score (nSPS) is 11.8. The minimum atomic E-state index is -3.32. The Kier molecular flexibility index (Phi) is 7.51. The summed E-state index contributed by atoms with van der Waals surface area (Å²) in [4.78, 5) is 0. The SMILES string of the molecule is C[P+](C[CH2][Sn]([c]1ccccc1)([c]1ccccc1)[c]1ccccc1)(c1ccccc1)c1ccccc1. The second-order valence-electron chi connectivity index (χ2n) is 9.34. The number of rotatable bonds is 8. The van der Waals surface area contributed by atoms with Gasteiger partial charge in [-0.2, -0.15) is 0 Å². The van der Waals surface area contributed by atoms with E-state index in [0.717, 1.165) is 0 Å².